The van der Waals surface area contributed by atoms with Crippen molar-refractivity contribution in [1.82, 2.24) is 19.6 Å². The predicted molar refractivity (Wildman–Crippen MR) is 67.7 cm³/mol. The van der Waals surface area contributed by atoms with Gasteiger partial charge in [-0.3, -0.25) is 0 Å². The minimum atomic E-state index is -3.59. The number of sulfonamides is 1. The SMILES string of the molecule is Cc1cc(C)nc(S(=O)(=O)N2CCNC[C@H]2C)n1. The van der Waals surface area contributed by atoms with Crippen molar-refractivity contribution in [1.29, 1.82) is 0 Å². The molecule has 1 aromatic heterocycles. The van der Waals surface area contributed by atoms with Crippen LogP contribution in [-0.4, -0.2) is 48.4 Å². The zero-order chi connectivity index (χ0) is 13.3. The third-order valence-electron chi connectivity index (χ3n) is 2.94. The molecule has 0 aliphatic carbocycles. The third-order valence-corrected chi connectivity index (χ3v) is 4.75. The van der Waals surface area contributed by atoms with E-state index < -0.39 is 10.0 Å². The van der Waals surface area contributed by atoms with Gasteiger partial charge in [0.25, 0.3) is 15.2 Å². The molecule has 6 nitrogen and oxygen atoms in total. The zero-order valence-corrected chi connectivity index (χ0v) is 11.7. The maximum atomic E-state index is 12.5. The molecule has 0 radical (unpaired) electrons. The number of nitrogens with zero attached hydrogens (tertiary/aromatic N) is 3. The number of hydrogen-bond donors (Lipinski definition) is 1. The largest absolute Gasteiger partial charge is 0.314 e. The van der Waals surface area contributed by atoms with Gasteiger partial charge in [-0.15, -0.1) is 0 Å². The van der Waals surface area contributed by atoms with Gasteiger partial charge in [-0.25, -0.2) is 18.4 Å². The van der Waals surface area contributed by atoms with E-state index in [0.717, 1.165) is 0 Å². The molecule has 0 unspecified atom stereocenters. The number of piperazine rings is 1. The van der Waals surface area contributed by atoms with Crippen LogP contribution in [0.4, 0.5) is 0 Å². The average Bonchev–Trinajstić information content (AvgIpc) is 2.28. The first-order valence-electron chi connectivity index (χ1n) is 5.96. The van der Waals surface area contributed by atoms with Crippen molar-refractivity contribution in [3.8, 4) is 0 Å². The Bertz CT molecular complexity index is 524. The van der Waals surface area contributed by atoms with Crippen molar-refractivity contribution in [2.75, 3.05) is 19.6 Å². The van der Waals surface area contributed by atoms with Gasteiger partial charge in [0.1, 0.15) is 0 Å². The summed E-state index contributed by atoms with van der Waals surface area (Å²) in [6.45, 7) is 7.20. The lowest BCUT2D eigenvalue weighted by atomic mass is 10.3. The van der Waals surface area contributed by atoms with Crippen LogP contribution in [0.15, 0.2) is 11.2 Å². The van der Waals surface area contributed by atoms with Gasteiger partial charge >= 0.3 is 0 Å². The number of rotatable bonds is 2. The first-order valence-corrected chi connectivity index (χ1v) is 7.40. The molecule has 0 spiro atoms. The van der Waals surface area contributed by atoms with Crippen molar-refractivity contribution < 1.29 is 8.42 Å². The smallest absolute Gasteiger partial charge is 0.279 e. The van der Waals surface area contributed by atoms with Crippen molar-refractivity contribution >= 4 is 10.0 Å². The molecule has 0 bridgehead atoms. The lowest BCUT2D eigenvalue weighted by Crippen LogP contribution is -2.52. The highest BCUT2D eigenvalue weighted by molar-refractivity contribution is 7.89. The van der Waals surface area contributed by atoms with E-state index in [1.165, 1.54) is 4.31 Å². The van der Waals surface area contributed by atoms with Gasteiger partial charge < -0.3 is 5.32 Å². The zero-order valence-electron chi connectivity index (χ0n) is 10.8. The molecular formula is C11H18N4O2S. The summed E-state index contributed by atoms with van der Waals surface area (Å²) in [6, 6.07) is 1.69. The molecule has 1 atom stereocenters. The van der Waals surface area contributed by atoms with E-state index in [1.54, 1.807) is 19.9 Å². The van der Waals surface area contributed by atoms with Gasteiger partial charge in [0.05, 0.1) is 0 Å². The number of hydrogen-bond acceptors (Lipinski definition) is 5. The van der Waals surface area contributed by atoms with E-state index in [-0.39, 0.29) is 11.2 Å². The van der Waals surface area contributed by atoms with Gasteiger partial charge in [-0.1, -0.05) is 0 Å². The number of nitrogens with one attached hydrogen (secondary N) is 1. The van der Waals surface area contributed by atoms with Crippen molar-refractivity contribution in [3.05, 3.63) is 17.5 Å². The van der Waals surface area contributed by atoms with E-state index in [9.17, 15) is 8.42 Å². The van der Waals surface area contributed by atoms with Crippen LogP contribution in [0.25, 0.3) is 0 Å². The van der Waals surface area contributed by atoms with Crippen LogP contribution in [0.1, 0.15) is 18.3 Å². The second kappa shape index (κ2) is 4.91. The Balaban J connectivity index is 2.40. The first-order chi connectivity index (χ1) is 8.41. The second-order valence-electron chi connectivity index (χ2n) is 4.60. The summed E-state index contributed by atoms with van der Waals surface area (Å²) >= 11 is 0. The van der Waals surface area contributed by atoms with Crippen LogP contribution in [-0.2, 0) is 10.0 Å². The van der Waals surface area contributed by atoms with Crippen LogP contribution < -0.4 is 5.32 Å². The molecule has 1 aliphatic rings. The average molecular weight is 270 g/mol. The summed E-state index contributed by atoms with van der Waals surface area (Å²) in [4.78, 5) is 8.11. The predicted octanol–water partition coefficient (Wildman–Crippen LogP) is 0.0758. The summed E-state index contributed by atoms with van der Waals surface area (Å²) in [6.07, 6.45) is 0. The van der Waals surface area contributed by atoms with Gasteiger partial charge in [0, 0.05) is 37.1 Å². The van der Waals surface area contributed by atoms with Crippen LogP contribution in [0.2, 0.25) is 0 Å². The van der Waals surface area contributed by atoms with Crippen molar-refractivity contribution in [2.24, 2.45) is 0 Å². The Morgan fingerprint density at radius 1 is 1.33 bits per heavy atom. The number of aryl methyl sites for hydroxylation is 2. The molecule has 0 aromatic carbocycles. The Kier molecular flexibility index (Phi) is 3.65. The van der Waals surface area contributed by atoms with Gasteiger partial charge in [0.2, 0.25) is 0 Å². The van der Waals surface area contributed by atoms with E-state index in [2.05, 4.69) is 15.3 Å². The summed E-state index contributed by atoms with van der Waals surface area (Å²) in [5.41, 5.74) is 1.34. The fraction of sp³-hybridized carbons (Fsp3) is 0.636. The minimum Gasteiger partial charge on any atom is -0.314 e. The molecule has 100 valence electrons. The minimum absolute atomic E-state index is 0.0758. The lowest BCUT2D eigenvalue weighted by Gasteiger charge is -2.32. The maximum absolute atomic E-state index is 12.5. The molecule has 0 saturated carbocycles. The summed E-state index contributed by atoms with van der Waals surface area (Å²) in [5, 5.41) is 3.07. The lowest BCUT2D eigenvalue weighted by molar-refractivity contribution is 0.282. The molecule has 18 heavy (non-hydrogen) atoms. The maximum Gasteiger partial charge on any atom is 0.279 e. The highest BCUT2D eigenvalue weighted by Gasteiger charge is 2.33. The van der Waals surface area contributed by atoms with Crippen LogP contribution in [0, 0.1) is 13.8 Å². The molecule has 2 heterocycles. The summed E-state index contributed by atoms with van der Waals surface area (Å²) in [5.74, 6) is 0. The molecule has 1 fully saturated rings. The standard InChI is InChI=1S/C11H18N4O2S/c1-8-6-9(2)14-11(13-8)18(16,17)15-5-4-12-7-10(15)3/h6,10,12H,4-5,7H2,1-3H3/t10-/m1/s1. The third kappa shape index (κ3) is 2.52. The first kappa shape index (κ1) is 13.4. The molecule has 7 heteroatoms. The topological polar surface area (TPSA) is 75.2 Å². The Hall–Kier alpha value is -1.05. The monoisotopic (exact) mass is 270 g/mol. The second-order valence-corrected chi connectivity index (χ2v) is 6.39. The highest BCUT2D eigenvalue weighted by Crippen LogP contribution is 2.16. The fourth-order valence-corrected chi connectivity index (χ4v) is 3.70. The molecule has 2 rings (SSSR count). The molecule has 1 saturated heterocycles. The van der Waals surface area contributed by atoms with Gasteiger partial charge in [-0.2, -0.15) is 4.31 Å². The van der Waals surface area contributed by atoms with Gasteiger partial charge in [0.15, 0.2) is 0 Å². The highest BCUT2D eigenvalue weighted by atomic mass is 32.2. The van der Waals surface area contributed by atoms with Crippen molar-refractivity contribution in [3.63, 3.8) is 0 Å². The van der Waals surface area contributed by atoms with E-state index in [0.29, 0.717) is 31.0 Å². The molecule has 0 amide bonds. The molecule has 1 N–H and O–H groups in total. The number of aromatic nitrogens is 2. The van der Waals surface area contributed by atoms with Crippen LogP contribution >= 0.6 is 0 Å². The van der Waals surface area contributed by atoms with E-state index in [1.807, 2.05) is 6.92 Å². The van der Waals surface area contributed by atoms with Crippen LogP contribution in [0.3, 0.4) is 0 Å². The van der Waals surface area contributed by atoms with E-state index in [4.69, 9.17) is 0 Å². The van der Waals surface area contributed by atoms with Gasteiger partial charge in [-0.05, 0) is 26.8 Å². The molecule has 1 aromatic rings. The fourth-order valence-electron chi connectivity index (χ4n) is 2.09. The summed E-state index contributed by atoms with van der Waals surface area (Å²) in [7, 11) is -3.59. The Morgan fingerprint density at radius 3 is 2.50 bits per heavy atom. The quantitative estimate of drug-likeness (QED) is 0.770. The summed E-state index contributed by atoms with van der Waals surface area (Å²) < 4.78 is 26.4. The van der Waals surface area contributed by atoms with Crippen LogP contribution in [0.5, 0.6) is 0 Å². The molecule has 1 aliphatic heterocycles. The Labute approximate surface area is 107 Å². The molecular weight excluding hydrogens is 252 g/mol. The normalized spacial score (nSPS) is 22.1. The van der Waals surface area contributed by atoms with Crippen molar-refractivity contribution in [2.45, 2.75) is 32.0 Å². The Morgan fingerprint density at radius 2 is 1.94 bits per heavy atom. The van der Waals surface area contributed by atoms with E-state index >= 15 is 0 Å².